The van der Waals surface area contributed by atoms with Crippen molar-refractivity contribution in [3.05, 3.63) is 29.8 Å². The second kappa shape index (κ2) is 7.20. The maximum absolute atomic E-state index is 3.68. The normalized spacial score (nSPS) is 22.9. The van der Waals surface area contributed by atoms with Crippen molar-refractivity contribution in [3.8, 4) is 0 Å². The van der Waals surface area contributed by atoms with Gasteiger partial charge in [-0.25, -0.2) is 0 Å². The quantitative estimate of drug-likeness (QED) is 0.851. The predicted molar refractivity (Wildman–Crippen MR) is 87.0 cm³/mol. The van der Waals surface area contributed by atoms with Crippen LogP contribution in [0.25, 0.3) is 0 Å². The molecule has 0 amide bonds. The van der Waals surface area contributed by atoms with Gasteiger partial charge in [0.05, 0.1) is 0 Å². The Kier molecular flexibility index (Phi) is 5.59. The molecule has 0 bridgehead atoms. The molecule has 3 heteroatoms. The van der Waals surface area contributed by atoms with Crippen molar-refractivity contribution in [3.63, 3.8) is 0 Å². The van der Waals surface area contributed by atoms with Gasteiger partial charge in [0.25, 0.3) is 0 Å². The van der Waals surface area contributed by atoms with Crippen LogP contribution in [0.5, 0.6) is 0 Å². The minimum absolute atomic E-state index is 0.642. The Hall–Kier alpha value is -0.670. The third-order valence-corrected chi connectivity index (χ3v) is 5.15. The van der Waals surface area contributed by atoms with Gasteiger partial charge >= 0.3 is 0 Å². The Bertz CT molecular complexity index is 390. The van der Waals surface area contributed by atoms with Crippen LogP contribution in [0.15, 0.2) is 24.3 Å². The van der Waals surface area contributed by atoms with Crippen molar-refractivity contribution in [2.24, 2.45) is 0 Å². The zero-order valence-electron chi connectivity index (χ0n) is 12.4. The highest BCUT2D eigenvalue weighted by Crippen LogP contribution is 2.28. The molecule has 1 heterocycles. The van der Waals surface area contributed by atoms with E-state index in [0.717, 1.165) is 24.9 Å². The van der Waals surface area contributed by atoms with Crippen molar-refractivity contribution in [2.45, 2.75) is 45.0 Å². The number of nitrogens with one attached hydrogen (secondary N) is 1. The third kappa shape index (κ3) is 4.43. The summed E-state index contributed by atoms with van der Waals surface area (Å²) < 4.78 is 0. The van der Waals surface area contributed by atoms with Crippen molar-refractivity contribution < 1.29 is 0 Å². The van der Waals surface area contributed by atoms with Crippen molar-refractivity contribution in [2.75, 3.05) is 24.2 Å². The van der Waals surface area contributed by atoms with E-state index >= 15 is 0 Å². The first-order chi connectivity index (χ1) is 9.21. The Balaban J connectivity index is 1.94. The van der Waals surface area contributed by atoms with Gasteiger partial charge in [0.1, 0.15) is 0 Å². The highest BCUT2D eigenvalue weighted by atomic mass is 32.2. The minimum atomic E-state index is 0.642. The molecule has 2 rings (SSSR count). The molecule has 19 heavy (non-hydrogen) atoms. The molecule has 0 radical (unpaired) electrons. The summed E-state index contributed by atoms with van der Waals surface area (Å²) in [6.45, 7) is 10.1. The van der Waals surface area contributed by atoms with Crippen LogP contribution >= 0.6 is 11.8 Å². The van der Waals surface area contributed by atoms with E-state index in [9.17, 15) is 0 Å². The molecule has 0 spiro atoms. The minimum Gasteiger partial charge on any atom is -0.381 e. The van der Waals surface area contributed by atoms with Crippen LogP contribution in [-0.4, -0.2) is 35.0 Å². The number of thioether (sulfide) groups is 1. The second-order valence-corrected chi connectivity index (χ2v) is 6.85. The third-order valence-electron chi connectivity index (χ3n) is 3.80. The number of nitrogens with zero attached hydrogens (tertiary/aromatic N) is 1. The topological polar surface area (TPSA) is 15.3 Å². The van der Waals surface area contributed by atoms with E-state index in [1.807, 2.05) is 0 Å². The maximum atomic E-state index is 3.68. The average Bonchev–Trinajstić information content (AvgIpc) is 2.82. The van der Waals surface area contributed by atoms with Gasteiger partial charge in [-0.05, 0) is 37.2 Å². The van der Waals surface area contributed by atoms with E-state index in [2.05, 4.69) is 67.0 Å². The lowest BCUT2D eigenvalue weighted by molar-refractivity contribution is 0.296. The Labute approximate surface area is 122 Å². The molecule has 0 saturated carbocycles. The lowest BCUT2D eigenvalue weighted by Gasteiger charge is -2.19. The molecular formula is C16H26N2S. The van der Waals surface area contributed by atoms with Gasteiger partial charge < -0.3 is 5.32 Å². The van der Waals surface area contributed by atoms with Crippen LogP contribution in [0.4, 0.5) is 5.69 Å². The van der Waals surface area contributed by atoms with E-state index in [4.69, 9.17) is 0 Å². The Morgan fingerprint density at radius 1 is 1.32 bits per heavy atom. The average molecular weight is 278 g/mol. The fraction of sp³-hybridized carbons (Fsp3) is 0.625. The molecule has 2 nitrogen and oxygen atoms in total. The van der Waals surface area contributed by atoms with Gasteiger partial charge in [-0.1, -0.05) is 32.9 Å². The van der Waals surface area contributed by atoms with Gasteiger partial charge in [0.2, 0.25) is 0 Å². The summed E-state index contributed by atoms with van der Waals surface area (Å²) in [5.74, 6) is 1.24. The van der Waals surface area contributed by atoms with E-state index in [0.29, 0.717) is 6.04 Å². The Morgan fingerprint density at radius 2 is 2.11 bits per heavy atom. The first-order valence-corrected chi connectivity index (χ1v) is 8.45. The van der Waals surface area contributed by atoms with Crippen molar-refractivity contribution in [1.82, 2.24) is 4.90 Å². The molecule has 1 aromatic carbocycles. The molecule has 1 aliphatic heterocycles. The summed E-state index contributed by atoms with van der Waals surface area (Å²) in [6, 6.07) is 9.55. The lowest BCUT2D eigenvalue weighted by atomic mass is 10.1. The first-order valence-electron chi connectivity index (χ1n) is 7.40. The molecule has 2 unspecified atom stereocenters. The molecule has 0 aliphatic carbocycles. The summed E-state index contributed by atoms with van der Waals surface area (Å²) in [6.07, 6.45) is 1.28. The molecule has 2 atom stereocenters. The van der Waals surface area contributed by atoms with Crippen molar-refractivity contribution >= 4 is 17.4 Å². The summed E-state index contributed by atoms with van der Waals surface area (Å²) in [5, 5.41) is 4.48. The van der Waals surface area contributed by atoms with Crippen LogP contribution < -0.4 is 5.32 Å². The largest absolute Gasteiger partial charge is 0.381 e. The lowest BCUT2D eigenvalue weighted by Crippen LogP contribution is -2.22. The van der Waals surface area contributed by atoms with Gasteiger partial charge in [-0.15, -0.1) is 0 Å². The number of benzene rings is 1. The summed E-state index contributed by atoms with van der Waals surface area (Å²) >= 11 is 2.08. The van der Waals surface area contributed by atoms with Crippen LogP contribution in [0.3, 0.4) is 0 Å². The van der Waals surface area contributed by atoms with E-state index in [1.165, 1.54) is 23.4 Å². The predicted octanol–water partition coefficient (Wildman–Crippen LogP) is 3.83. The zero-order chi connectivity index (χ0) is 13.7. The van der Waals surface area contributed by atoms with E-state index < -0.39 is 0 Å². The molecular weight excluding hydrogens is 252 g/mol. The first kappa shape index (κ1) is 14.7. The van der Waals surface area contributed by atoms with Crippen LogP contribution in [0, 0.1) is 0 Å². The highest BCUT2D eigenvalue weighted by Gasteiger charge is 2.21. The number of rotatable bonds is 6. The van der Waals surface area contributed by atoms with E-state index in [1.54, 1.807) is 0 Å². The monoisotopic (exact) mass is 278 g/mol. The number of hydrogen-bond acceptors (Lipinski definition) is 3. The van der Waals surface area contributed by atoms with Gasteiger partial charge in [0, 0.05) is 29.3 Å². The fourth-order valence-electron chi connectivity index (χ4n) is 2.62. The summed E-state index contributed by atoms with van der Waals surface area (Å²) in [4.78, 5) is 2.45. The molecule has 1 N–H and O–H groups in total. The van der Waals surface area contributed by atoms with Gasteiger partial charge in [-0.2, -0.15) is 11.8 Å². The molecule has 1 fully saturated rings. The van der Waals surface area contributed by atoms with Crippen molar-refractivity contribution in [1.29, 1.82) is 0 Å². The smallest absolute Gasteiger partial charge is 0.0362 e. The molecule has 0 aromatic heterocycles. The van der Waals surface area contributed by atoms with Gasteiger partial charge in [0.15, 0.2) is 0 Å². The van der Waals surface area contributed by atoms with Crippen LogP contribution in [0.2, 0.25) is 0 Å². The summed E-state index contributed by atoms with van der Waals surface area (Å²) in [7, 11) is 0. The van der Waals surface area contributed by atoms with Gasteiger partial charge in [-0.3, -0.25) is 4.90 Å². The number of hydrogen-bond donors (Lipinski definition) is 1. The van der Waals surface area contributed by atoms with E-state index in [-0.39, 0.29) is 0 Å². The van der Waals surface area contributed by atoms with Crippen LogP contribution in [0.1, 0.15) is 32.8 Å². The SMILES string of the molecule is CCN(CC)Cc1cccc(NC2CSC(C)C2)c1. The van der Waals surface area contributed by atoms with Crippen LogP contribution in [-0.2, 0) is 6.54 Å². The Morgan fingerprint density at radius 3 is 2.74 bits per heavy atom. The molecule has 1 aliphatic rings. The molecule has 1 aromatic rings. The maximum Gasteiger partial charge on any atom is 0.0362 e. The molecule has 106 valence electrons. The molecule has 1 saturated heterocycles. The standard InChI is InChI=1S/C16H26N2S/c1-4-18(5-2)11-14-7-6-8-15(10-14)17-16-9-13(3)19-12-16/h6-8,10,13,16-17H,4-5,9,11-12H2,1-3H3. The zero-order valence-corrected chi connectivity index (χ0v) is 13.2. The fourth-order valence-corrected chi connectivity index (χ4v) is 3.77. The number of anilines is 1. The highest BCUT2D eigenvalue weighted by molar-refractivity contribution is 8.00. The second-order valence-electron chi connectivity index (χ2n) is 5.38. The summed E-state index contributed by atoms with van der Waals surface area (Å²) in [5.41, 5.74) is 2.69.